The zero-order valence-corrected chi connectivity index (χ0v) is 16.7. The van der Waals surface area contributed by atoms with Crippen LogP contribution in [0.15, 0.2) is 0 Å². The Morgan fingerprint density at radius 2 is 1.62 bits per heavy atom. The number of piperidine rings is 1. The summed E-state index contributed by atoms with van der Waals surface area (Å²) in [5, 5.41) is 0. The van der Waals surface area contributed by atoms with Gasteiger partial charge >= 0.3 is 0 Å². The number of ether oxygens (including phenoxy) is 3. The van der Waals surface area contributed by atoms with Gasteiger partial charge in [-0.15, -0.1) is 0 Å². The summed E-state index contributed by atoms with van der Waals surface area (Å²) in [4.78, 5) is 5.53. The Morgan fingerprint density at radius 3 is 2.27 bits per heavy atom. The van der Waals surface area contributed by atoms with Gasteiger partial charge in [-0.25, -0.2) is 0 Å². The number of hydrogen-bond donors (Lipinski definition) is 0. The van der Waals surface area contributed by atoms with E-state index in [0.717, 1.165) is 45.0 Å². The minimum Gasteiger partial charge on any atom is -0.384 e. The van der Waals surface area contributed by atoms with Crippen LogP contribution >= 0.6 is 0 Å². The normalized spacial score (nSPS) is 32.4. The molecule has 4 fully saturated rings. The molecule has 26 heavy (non-hydrogen) atoms. The monoisotopic (exact) mass is 366 g/mol. The van der Waals surface area contributed by atoms with Gasteiger partial charge in [0.15, 0.2) is 0 Å². The highest BCUT2D eigenvalue weighted by atomic mass is 16.5. The lowest BCUT2D eigenvalue weighted by Crippen LogP contribution is -2.50. The SMILES string of the molecule is COCC1CN(CC2CCOCC2)CC12CCN(C1CCOCC1)CC2. The van der Waals surface area contributed by atoms with Crippen LogP contribution in [0.2, 0.25) is 0 Å². The van der Waals surface area contributed by atoms with E-state index in [2.05, 4.69) is 9.80 Å². The topological polar surface area (TPSA) is 34.2 Å². The van der Waals surface area contributed by atoms with E-state index in [4.69, 9.17) is 14.2 Å². The van der Waals surface area contributed by atoms with Crippen LogP contribution in [0.1, 0.15) is 38.5 Å². The van der Waals surface area contributed by atoms with Crippen molar-refractivity contribution in [2.24, 2.45) is 17.3 Å². The van der Waals surface area contributed by atoms with Crippen LogP contribution < -0.4 is 0 Å². The maximum Gasteiger partial charge on any atom is 0.0508 e. The molecule has 4 rings (SSSR count). The lowest BCUT2D eigenvalue weighted by Gasteiger charge is -2.46. The van der Waals surface area contributed by atoms with Crippen molar-refractivity contribution in [3.05, 3.63) is 0 Å². The molecule has 0 amide bonds. The first-order valence-electron chi connectivity index (χ1n) is 10.9. The lowest BCUT2D eigenvalue weighted by atomic mass is 9.71. The summed E-state index contributed by atoms with van der Waals surface area (Å²) in [5.41, 5.74) is 0.489. The molecule has 1 unspecified atom stereocenters. The molecule has 0 bridgehead atoms. The molecule has 0 aliphatic carbocycles. The fourth-order valence-electron chi connectivity index (χ4n) is 5.96. The molecule has 4 aliphatic heterocycles. The zero-order chi connectivity index (χ0) is 17.8. The molecule has 0 aromatic heterocycles. The van der Waals surface area contributed by atoms with E-state index in [1.807, 2.05) is 7.11 Å². The minimum atomic E-state index is 0.489. The smallest absolute Gasteiger partial charge is 0.0508 e. The molecule has 150 valence electrons. The summed E-state index contributed by atoms with van der Waals surface area (Å²) in [6.45, 7) is 11.1. The average molecular weight is 367 g/mol. The van der Waals surface area contributed by atoms with E-state index in [-0.39, 0.29) is 0 Å². The number of hydrogen-bond acceptors (Lipinski definition) is 5. The van der Waals surface area contributed by atoms with Gasteiger partial charge in [-0.05, 0) is 62.9 Å². The van der Waals surface area contributed by atoms with E-state index in [0.29, 0.717) is 11.3 Å². The maximum absolute atomic E-state index is 5.66. The second kappa shape index (κ2) is 8.87. The van der Waals surface area contributed by atoms with E-state index in [1.165, 1.54) is 71.2 Å². The Bertz CT molecular complexity index is 427. The first kappa shape index (κ1) is 19.1. The predicted octanol–water partition coefficient (Wildman–Crippen LogP) is 2.25. The second-order valence-electron chi connectivity index (χ2n) is 9.14. The summed E-state index contributed by atoms with van der Waals surface area (Å²) in [5.74, 6) is 1.55. The molecule has 1 spiro atoms. The number of likely N-dealkylation sites (tertiary alicyclic amines) is 2. The molecule has 5 heteroatoms. The molecule has 0 aromatic rings. The van der Waals surface area contributed by atoms with Crippen molar-refractivity contribution in [2.75, 3.05) is 72.9 Å². The van der Waals surface area contributed by atoms with Gasteiger partial charge in [-0.1, -0.05) is 0 Å². The Hall–Kier alpha value is -0.200. The van der Waals surface area contributed by atoms with Crippen LogP contribution in [-0.2, 0) is 14.2 Å². The molecule has 0 saturated carbocycles. The van der Waals surface area contributed by atoms with Crippen molar-refractivity contribution in [1.82, 2.24) is 9.80 Å². The molecule has 1 atom stereocenters. The first-order valence-corrected chi connectivity index (χ1v) is 10.9. The van der Waals surface area contributed by atoms with E-state index < -0.39 is 0 Å². The first-order chi connectivity index (χ1) is 12.8. The van der Waals surface area contributed by atoms with Crippen molar-refractivity contribution in [1.29, 1.82) is 0 Å². The maximum atomic E-state index is 5.66. The molecular weight excluding hydrogens is 328 g/mol. The molecule has 0 aromatic carbocycles. The highest BCUT2D eigenvalue weighted by Crippen LogP contribution is 2.45. The van der Waals surface area contributed by atoms with Crippen molar-refractivity contribution in [2.45, 2.75) is 44.6 Å². The molecular formula is C21H38N2O3. The van der Waals surface area contributed by atoms with Gasteiger partial charge in [0.25, 0.3) is 0 Å². The van der Waals surface area contributed by atoms with Gasteiger partial charge in [-0.3, -0.25) is 0 Å². The summed E-state index contributed by atoms with van der Waals surface area (Å²) >= 11 is 0. The van der Waals surface area contributed by atoms with Crippen LogP contribution in [0.25, 0.3) is 0 Å². The van der Waals surface area contributed by atoms with Crippen LogP contribution in [0, 0.1) is 17.3 Å². The Kier molecular flexibility index (Phi) is 6.53. The molecule has 5 nitrogen and oxygen atoms in total. The fraction of sp³-hybridized carbons (Fsp3) is 1.00. The van der Waals surface area contributed by atoms with Crippen molar-refractivity contribution in [3.8, 4) is 0 Å². The van der Waals surface area contributed by atoms with Gasteiger partial charge in [0.05, 0.1) is 6.61 Å². The Morgan fingerprint density at radius 1 is 0.962 bits per heavy atom. The van der Waals surface area contributed by atoms with Crippen LogP contribution in [0.4, 0.5) is 0 Å². The van der Waals surface area contributed by atoms with Crippen molar-refractivity contribution < 1.29 is 14.2 Å². The number of nitrogens with zero attached hydrogens (tertiary/aromatic N) is 2. The summed E-state index contributed by atoms with van der Waals surface area (Å²) in [7, 11) is 1.88. The van der Waals surface area contributed by atoms with Gasteiger partial charge in [-0.2, -0.15) is 0 Å². The van der Waals surface area contributed by atoms with Crippen molar-refractivity contribution >= 4 is 0 Å². The van der Waals surface area contributed by atoms with Crippen LogP contribution in [0.3, 0.4) is 0 Å². The Balaban J connectivity index is 1.34. The molecule has 0 N–H and O–H groups in total. The highest BCUT2D eigenvalue weighted by molar-refractivity contribution is 5.00. The highest BCUT2D eigenvalue weighted by Gasteiger charge is 2.48. The van der Waals surface area contributed by atoms with Crippen LogP contribution in [-0.4, -0.2) is 88.7 Å². The molecule has 0 radical (unpaired) electrons. The third-order valence-electron chi connectivity index (χ3n) is 7.61. The van der Waals surface area contributed by atoms with Crippen LogP contribution in [0.5, 0.6) is 0 Å². The fourth-order valence-corrected chi connectivity index (χ4v) is 5.96. The average Bonchev–Trinajstić information content (AvgIpc) is 3.00. The summed E-state index contributed by atoms with van der Waals surface area (Å²) in [6, 6.07) is 0.765. The standard InChI is InChI=1S/C21H38N2O3/c1-24-16-19-15-22(14-18-2-10-25-11-3-18)17-21(19)6-8-23(9-7-21)20-4-12-26-13-5-20/h18-20H,2-17H2,1H3. The summed E-state index contributed by atoms with van der Waals surface area (Å²) < 4.78 is 16.8. The largest absolute Gasteiger partial charge is 0.384 e. The number of methoxy groups -OCH3 is 1. The third-order valence-corrected chi connectivity index (χ3v) is 7.61. The van der Waals surface area contributed by atoms with Gasteiger partial charge in [0.2, 0.25) is 0 Å². The predicted molar refractivity (Wildman–Crippen MR) is 102 cm³/mol. The third kappa shape index (κ3) is 4.27. The quantitative estimate of drug-likeness (QED) is 0.746. The van der Waals surface area contributed by atoms with Gasteiger partial charge < -0.3 is 24.0 Å². The molecule has 4 aliphatic rings. The minimum absolute atomic E-state index is 0.489. The van der Waals surface area contributed by atoms with E-state index >= 15 is 0 Å². The zero-order valence-electron chi connectivity index (χ0n) is 16.7. The van der Waals surface area contributed by atoms with Crippen molar-refractivity contribution in [3.63, 3.8) is 0 Å². The van der Waals surface area contributed by atoms with Gasteiger partial charge in [0.1, 0.15) is 0 Å². The molecule has 4 saturated heterocycles. The second-order valence-corrected chi connectivity index (χ2v) is 9.14. The van der Waals surface area contributed by atoms with Gasteiger partial charge in [0, 0.05) is 65.1 Å². The lowest BCUT2D eigenvalue weighted by molar-refractivity contribution is -0.0112. The number of rotatable bonds is 5. The van der Waals surface area contributed by atoms with E-state index in [1.54, 1.807) is 0 Å². The summed E-state index contributed by atoms with van der Waals surface area (Å²) in [6.07, 6.45) is 7.64. The molecule has 4 heterocycles. The Labute approximate surface area is 159 Å². The van der Waals surface area contributed by atoms with E-state index in [9.17, 15) is 0 Å².